The molecule has 0 aliphatic heterocycles. The van der Waals surface area contributed by atoms with Crippen LogP contribution in [0.4, 0.5) is 4.39 Å². The molecule has 0 aromatic heterocycles. The summed E-state index contributed by atoms with van der Waals surface area (Å²) >= 11 is 9.71. The molecule has 3 aromatic rings. The van der Waals surface area contributed by atoms with E-state index in [4.69, 9.17) is 25.8 Å². The summed E-state index contributed by atoms with van der Waals surface area (Å²) < 4.78 is 31.6. The van der Waals surface area contributed by atoms with E-state index in [0.29, 0.717) is 35.2 Å². The second-order valence-electron chi connectivity index (χ2n) is 6.50. The van der Waals surface area contributed by atoms with Gasteiger partial charge in [0.2, 0.25) is 0 Å². The topological polar surface area (TPSA) is 39.7 Å². The van der Waals surface area contributed by atoms with Crippen molar-refractivity contribution in [2.45, 2.75) is 19.7 Å². The Labute approximate surface area is 189 Å². The third kappa shape index (κ3) is 5.45. The smallest absolute Gasteiger partial charge is 0.167 e. The fraction of sp³-hybridized carbons (Fsp3) is 0.217. The summed E-state index contributed by atoms with van der Waals surface area (Å²) in [4.78, 5) is 0. The molecule has 0 radical (unpaired) electrons. The van der Waals surface area contributed by atoms with Gasteiger partial charge in [0.15, 0.2) is 11.5 Å². The maximum Gasteiger partial charge on any atom is 0.167 e. The summed E-state index contributed by atoms with van der Waals surface area (Å²) in [5.41, 5.74) is 2.30. The van der Waals surface area contributed by atoms with Crippen LogP contribution in [0.15, 0.2) is 59.1 Å². The van der Waals surface area contributed by atoms with Gasteiger partial charge in [-0.2, -0.15) is 0 Å². The first-order valence-electron chi connectivity index (χ1n) is 9.28. The van der Waals surface area contributed by atoms with Crippen molar-refractivity contribution in [1.29, 1.82) is 0 Å². The van der Waals surface area contributed by atoms with Gasteiger partial charge in [-0.05, 0) is 42.0 Å². The van der Waals surface area contributed by atoms with E-state index in [0.717, 1.165) is 21.3 Å². The van der Waals surface area contributed by atoms with Crippen molar-refractivity contribution in [3.05, 3.63) is 86.6 Å². The quantitative estimate of drug-likeness (QED) is 0.389. The Morgan fingerprint density at radius 3 is 2.37 bits per heavy atom. The van der Waals surface area contributed by atoms with Crippen LogP contribution in [0.5, 0.6) is 17.2 Å². The van der Waals surface area contributed by atoms with Crippen LogP contribution in [0.25, 0.3) is 0 Å². The largest absolute Gasteiger partial charge is 0.497 e. The number of methoxy groups -OCH3 is 2. The minimum Gasteiger partial charge on any atom is -0.497 e. The monoisotopic (exact) mass is 493 g/mol. The van der Waals surface area contributed by atoms with Crippen LogP contribution in [0.3, 0.4) is 0 Å². The second kappa shape index (κ2) is 10.7. The Kier molecular flexibility index (Phi) is 7.96. The predicted octanol–water partition coefficient (Wildman–Crippen LogP) is 6.13. The van der Waals surface area contributed by atoms with E-state index in [1.807, 2.05) is 30.3 Å². The normalized spacial score (nSPS) is 10.7. The third-order valence-electron chi connectivity index (χ3n) is 4.60. The molecule has 0 aliphatic rings. The molecule has 0 heterocycles. The Balaban J connectivity index is 1.76. The van der Waals surface area contributed by atoms with Crippen LogP contribution in [0, 0.1) is 5.82 Å². The van der Waals surface area contributed by atoms with Gasteiger partial charge in [-0.1, -0.05) is 45.7 Å². The fourth-order valence-corrected chi connectivity index (χ4v) is 3.63. The van der Waals surface area contributed by atoms with E-state index >= 15 is 0 Å². The molecule has 3 rings (SSSR count). The van der Waals surface area contributed by atoms with Gasteiger partial charge in [-0.25, -0.2) is 4.39 Å². The molecule has 3 aromatic carbocycles. The molecule has 0 amide bonds. The van der Waals surface area contributed by atoms with Gasteiger partial charge in [0.05, 0.1) is 19.2 Å². The molecule has 0 saturated carbocycles. The lowest BCUT2D eigenvalue weighted by molar-refractivity contribution is 0.276. The first kappa shape index (κ1) is 22.4. The van der Waals surface area contributed by atoms with Crippen LogP contribution < -0.4 is 19.5 Å². The first-order valence-corrected chi connectivity index (χ1v) is 10.4. The molecule has 0 spiro atoms. The first-order chi connectivity index (χ1) is 14.5. The minimum absolute atomic E-state index is 0.0101. The molecular weight excluding hydrogens is 473 g/mol. The Morgan fingerprint density at radius 2 is 1.70 bits per heavy atom. The molecule has 0 fully saturated rings. The SMILES string of the molecule is COc1ccc(CNCc2c(Br)ccc(OC)c2OCc2c(F)cccc2Cl)cc1. The van der Waals surface area contributed by atoms with Crippen LogP contribution >= 0.6 is 27.5 Å². The molecule has 1 N–H and O–H groups in total. The van der Waals surface area contributed by atoms with Crippen LogP contribution in [0.2, 0.25) is 5.02 Å². The summed E-state index contributed by atoms with van der Waals surface area (Å²) in [6.07, 6.45) is 0. The van der Waals surface area contributed by atoms with Crippen LogP contribution in [-0.4, -0.2) is 14.2 Å². The van der Waals surface area contributed by atoms with Crippen molar-refractivity contribution < 1.29 is 18.6 Å². The molecule has 0 aliphatic carbocycles. The summed E-state index contributed by atoms with van der Waals surface area (Å²) in [6.45, 7) is 1.17. The van der Waals surface area contributed by atoms with Crippen molar-refractivity contribution in [3.8, 4) is 17.2 Å². The number of hydrogen-bond donors (Lipinski definition) is 1. The summed E-state index contributed by atoms with van der Waals surface area (Å²) in [5.74, 6) is 1.51. The summed E-state index contributed by atoms with van der Waals surface area (Å²) in [5, 5.41) is 3.72. The number of rotatable bonds is 9. The summed E-state index contributed by atoms with van der Waals surface area (Å²) in [7, 11) is 3.21. The lowest BCUT2D eigenvalue weighted by Gasteiger charge is -2.18. The van der Waals surface area contributed by atoms with Crippen molar-refractivity contribution in [1.82, 2.24) is 5.32 Å². The van der Waals surface area contributed by atoms with E-state index in [9.17, 15) is 4.39 Å². The Hall–Kier alpha value is -2.28. The standard InChI is InChI=1S/C23H22BrClFNO3/c1-28-16-8-6-15(7-9-16)12-27-13-17-19(24)10-11-22(29-2)23(17)30-14-18-20(25)4-3-5-21(18)26/h3-11,27H,12-14H2,1-2H3. The highest BCUT2D eigenvalue weighted by Crippen LogP contribution is 2.37. The van der Waals surface area contributed by atoms with E-state index in [1.165, 1.54) is 6.07 Å². The number of benzene rings is 3. The molecular formula is C23H22BrClFNO3. The average molecular weight is 495 g/mol. The van der Waals surface area contributed by atoms with E-state index in [2.05, 4.69) is 21.2 Å². The molecule has 0 saturated heterocycles. The van der Waals surface area contributed by atoms with E-state index in [1.54, 1.807) is 32.4 Å². The van der Waals surface area contributed by atoms with Crippen molar-refractivity contribution in [3.63, 3.8) is 0 Å². The molecule has 7 heteroatoms. The van der Waals surface area contributed by atoms with Crippen LogP contribution in [-0.2, 0) is 19.7 Å². The highest BCUT2D eigenvalue weighted by Gasteiger charge is 2.16. The highest BCUT2D eigenvalue weighted by atomic mass is 79.9. The Bertz CT molecular complexity index is 978. The maximum absolute atomic E-state index is 14.1. The molecule has 0 atom stereocenters. The molecule has 4 nitrogen and oxygen atoms in total. The lowest BCUT2D eigenvalue weighted by Crippen LogP contribution is -2.14. The fourth-order valence-electron chi connectivity index (χ4n) is 2.96. The number of ether oxygens (including phenoxy) is 3. The van der Waals surface area contributed by atoms with Gasteiger partial charge >= 0.3 is 0 Å². The highest BCUT2D eigenvalue weighted by molar-refractivity contribution is 9.10. The minimum atomic E-state index is -0.407. The zero-order valence-electron chi connectivity index (χ0n) is 16.7. The van der Waals surface area contributed by atoms with E-state index < -0.39 is 5.82 Å². The van der Waals surface area contributed by atoms with Gasteiger partial charge in [0, 0.05) is 28.7 Å². The molecule has 0 unspecified atom stereocenters. The molecule has 30 heavy (non-hydrogen) atoms. The Morgan fingerprint density at radius 1 is 0.933 bits per heavy atom. The summed E-state index contributed by atoms with van der Waals surface area (Å²) in [6, 6.07) is 16.1. The lowest BCUT2D eigenvalue weighted by atomic mass is 10.1. The van der Waals surface area contributed by atoms with Gasteiger partial charge in [-0.15, -0.1) is 0 Å². The maximum atomic E-state index is 14.1. The number of hydrogen-bond acceptors (Lipinski definition) is 4. The van der Waals surface area contributed by atoms with Gasteiger partial charge in [-0.3, -0.25) is 0 Å². The predicted molar refractivity (Wildman–Crippen MR) is 120 cm³/mol. The van der Waals surface area contributed by atoms with Crippen molar-refractivity contribution >= 4 is 27.5 Å². The van der Waals surface area contributed by atoms with Crippen molar-refractivity contribution in [2.24, 2.45) is 0 Å². The van der Waals surface area contributed by atoms with Gasteiger partial charge in [0.1, 0.15) is 18.2 Å². The third-order valence-corrected chi connectivity index (χ3v) is 5.70. The molecule has 158 valence electrons. The average Bonchev–Trinajstić information content (AvgIpc) is 2.75. The zero-order chi connectivity index (χ0) is 21.5. The van der Waals surface area contributed by atoms with Gasteiger partial charge < -0.3 is 19.5 Å². The zero-order valence-corrected chi connectivity index (χ0v) is 19.0. The number of nitrogens with one attached hydrogen (secondary N) is 1. The van der Waals surface area contributed by atoms with Gasteiger partial charge in [0.25, 0.3) is 0 Å². The second-order valence-corrected chi connectivity index (χ2v) is 7.76. The molecule has 0 bridgehead atoms. The van der Waals surface area contributed by atoms with E-state index in [-0.39, 0.29) is 6.61 Å². The van der Waals surface area contributed by atoms with Crippen molar-refractivity contribution in [2.75, 3.05) is 14.2 Å². The van der Waals surface area contributed by atoms with Crippen LogP contribution in [0.1, 0.15) is 16.7 Å². The number of halogens is 3.